The zero-order chi connectivity index (χ0) is 11.8. The Bertz CT molecular complexity index is 345. The highest BCUT2D eigenvalue weighted by atomic mass is 32.2. The Balaban J connectivity index is 1.83. The maximum Gasteiger partial charge on any atom is 0.215 e. The molecule has 16 heavy (non-hydrogen) atoms. The van der Waals surface area contributed by atoms with E-state index in [2.05, 4.69) is 23.9 Å². The highest BCUT2D eigenvalue weighted by Crippen LogP contribution is 2.51. The van der Waals surface area contributed by atoms with Crippen LogP contribution in [0.4, 0.5) is 0 Å². The molecule has 2 rings (SSSR count). The SMILES string of the molecule is CC1(C)CC1CNS(=O)(=O)C1CCCNC1. The van der Waals surface area contributed by atoms with Crippen LogP contribution in [0.5, 0.6) is 0 Å². The molecule has 0 amide bonds. The Morgan fingerprint density at radius 1 is 1.44 bits per heavy atom. The number of sulfonamides is 1. The van der Waals surface area contributed by atoms with Crippen molar-refractivity contribution in [2.75, 3.05) is 19.6 Å². The van der Waals surface area contributed by atoms with E-state index in [-0.39, 0.29) is 5.25 Å². The summed E-state index contributed by atoms with van der Waals surface area (Å²) in [5.74, 6) is 0.527. The van der Waals surface area contributed by atoms with E-state index < -0.39 is 10.0 Å². The number of hydrogen-bond acceptors (Lipinski definition) is 3. The maximum absolute atomic E-state index is 12.0. The lowest BCUT2D eigenvalue weighted by molar-refractivity contribution is 0.484. The van der Waals surface area contributed by atoms with Crippen LogP contribution in [0, 0.1) is 11.3 Å². The quantitative estimate of drug-likeness (QED) is 0.768. The first kappa shape index (κ1) is 12.3. The van der Waals surface area contributed by atoms with Gasteiger partial charge in [-0.15, -0.1) is 0 Å². The van der Waals surface area contributed by atoms with Gasteiger partial charge in [0.05, 0.1) is 5.25 Å². The Hall–Kier alpha value is -0.130. The van der Waals surface area contributed by atoms with Crippen LogP contribution in [0.2, 0.25) is 0 Å². The molecule has 1 saturated carbocycles. The van der Waals surface area contributed by atoms with Crippen molar-refractivity contribution in [2.45, 2.75) is 38.4 Å². The van der Waals surface area contributed by atoms with Crippen LogP contribution in [-0.2, 0) is 10.0 Å². The van der Waals surface area contributed by atoms with E-state index in [4.69, 9.17) is 0 Å². The molecule has 1 heterocycles. The van der Waals surface area contributed by atoms with E-state index in [0.29, 0.717) is 24.4 Å². The molecule has 0 aromatic rings. The van der Waals surface area contributed by atoms with Crippen molar-refractivity contribution in [3.63, 3.8) is 0 Å². The van der Waals surface area contributed by atoms with Crippen LogP contribution in [0.25, 0.3) is 0 Å². The van der Waals surface area contributed by atoms with Crippen molar-refractivity contribution in [1.29, 1.82) is 0 Å². The van der Waals surface area contributed by atoms with E-state index in [1.807, 2.05) is 0 Å². The Morgan fingerprint density at radius 2 is 2.12 bits per heavy atom. The molecule has 0 spiro atoms. The van der Waals surface area contributed by atoms with Crippen LogP contribution in [0.3, 0.4) is 0 Å². The molecular formula is C11H22N2O2S. The lowest BCUT2D eigenvalue weighted by Crippen LogP contribution is -2.44. The van der Waals surface area contributed by atoms with Gasteiger partial charge in [0.25, 0.3) is 0 Å². The van der Waals surface area contributed by atoms with E-state index >= 15 is 0 Å². The van der Waals surface area contributed by atoms with Crippen molar-refractivity contribution < 1.29 is 8.42 Å². The van der Waals surface area contributed by atoms with Gasteiger partial charge in [-0.25, -0.2) is 13.1 Å². The van der Waals surface area contributed by atoms with Gasteiger partial charge >= 0.3 is 0 Å². The molecule has 4 nitrogen and oxygen atoms in total. The van der Waals surface area contributed by atoms with Gasteiger partial charge in [-0.1, -0.05) is 13.8 Å². The van der Waals surface area contributed by atoms with Gasteiger partial charge in [-0.05, 0) is 37.1 Å². The minimum atomic E-state index is -3.10. The molecular weight excluding hydrogens is 224 g/mol. The molecule has 0 bridgehead atoms. The summed E-state index contributed by atoms with van der Waals surface area (Å²) in [5, 5.41) is 2.91. The summed E-state index contributed by atoms with van der Waals surface area (Å²) in [6.45, 7) is 6.54. The van der Waals surface area contributed by atoms with Gasteiger partial charge in [0.2, 0.25) is 10.0 Å². The lowest BCUT2D eigenvalue weighted by Gasteiger charge is -2.23. The molecule has 0 aromatic carbocycles. The van der Waals surface area contributed by atoms with Crippen LogP contribution >= 0.6 is 0 Å². The number of piperidine rings is 1. The molecule has 2 atom stereocenters. The first-order chi connectivity index (χ1) is 7.42. The van der Waals surface area contributed by atoms with Crippen molar-refractivity contribution in [3.05, 3.63) is 0 Å². The van der Waals surface area contributed by atoms with Crippen molar-refractivity contribution in [2.24, 2.45) is 11.3 Å². The fourth-order valence-electron chi connectivity index (χ4n) is 2.34. The fraction of sp³-hybridized carbons (Fsp3) is 1.00. The Labute approximate surface area is 98.2 Å². The van der Waals surface area contributed by atoms with E-state index in [9.17, 15) is 8.42 Å². The number of nitrogens with one attached hydrogen (secondary N) is 2. The summed E-state index contributed by atoms with van der Waals surface area (Å²) < 4.78 is 26.7. The summed E-state index contributed by atoms with van der Waals surface area (Å²) in [7, 11) is -3.10. The fourth-order valence-corrected chi connectivity index (χ4v) is 3.83. The largest absolute Gasteiger partial charge is 0.315 e. The molecule has 2 unspecified atom stereocenters. The lowest BCUT2D eigenvalue weighted by atomic mass is 10.1. The molecule has 0 radical (unpaired) electrons. The molecule has 2 N–H and O–H groups in total. The minimum absolute atomic E-state index is 0.233. The van der Waals surface area contributed by atoms with Crippen molar-refractivity contribution in [1.82, 2.24) is 10.0 Å². The summed E-state index contributed by atoms with van der Waals surface area (Å²) in [6, 6.07) is 0. The standard InChI is InChI=1S/C11H22N2O2S/c1-11(2)6-9(11)7-13-16(14,15)10-4-3-5-12-8-10/h9-10,12-13H,3-8H2,1-2H3. The van der Waals surface area contributed by atoms with E-state index in [0.717, 1.165) is 25.8 Å². The van der Waals surface area contributed by atoms with Crippen LogP contribution in [0.1, 0.15) is 33.1 Å². The van der Waals surface area contributed by atoms with Crippen LogP contribution < -0.4 is 10.0 Å². The van der Waals surface area contributed by atoms with Crippen molar-refractivity contribution >= 4 is 10.0 Å². The average molecular weight is 246 g/mol. The molecule has 2 fully saturated rings. The predicted octanol–water partition coefficient (Wildman–Crippen LogP) is 0.704. The van der Waals surface area contributed by atoms with Gasteiger partial charge < -0.3 is 5.32 Å². The van der Waals surface area contributed by atoms with E-state index in [1.54, 1.807) is 0 Å². The minimum Gasteiger partial charge on any atom is -0.315 e. The van der Waals surface area contributed by atoms with Gasteiger partial charge in [-0.3, -0.25) is 0 Å². The molecule has 1 saturated heterocycles. The monoisotopic (exact) mass is 246 g/mol. The smallest absolute Gasteiger partial charge is 0.215 e. The van der Waals surface area contributed by atoms with Crippen LogP contribution in [0.15, 0.2) is 0 Å². The third-order valence-corrected chi connectivity index (χ3v) is 5.79. The summed E-state index contributed by atoms with van der Waals surface area (Å²) in [6.07, 6.45) is 2.88. The number of hydrogen-bond donors (Lipinski definition) is 2. The molecule has 1 aliphatic heterocycles. The predicted molar refractivity (Wildman–Crippen MR) is 64.7 cm³/mol. The molecule has 0 aromatic heterocycles. The first-order valence-electron chi connectivity index (χ1n) is 6.11. The number of rotatable bonds is 4. The average Bonchev–Trinajstić information content (AvgIpc) is 2.85. The second kappa shape index (κ2) is 4.27. The van der Waals surface area contributed by atoms with Crippen LogP contribution in [-0.4, -0.2) is 33.3 Å². The van der Waals surface area contributed by atoms with Crippen molar-refractivity contribution in [3.8, 4) is 0 Å². The van der Waals surface area contributed by atoms with Gasteiger partial charge in [0.15, 0.2) is 0 Å². The molecule has 1 aliphatic carbocycles. The summed E-state index contributed by atoms with van der Waals surface area (Å²) in [4.78, 5) is 0. The summed E-state index contributed by atoms with van der Waals surface area (Å²) >= 11 is 0. The molecule has 5 heteroatoms. The Kier molecular flexibility index (Phi) is 3.29. The maximum atomic E-state index is 12.0. The second-order valence-corrected chi connectivity index (χ2v) is 7.80. The summed E-state index contributed by atoms with van der Waals surface area (Å²) in [5.41, 5.74) is 0.341. The third-order valence-electron chi connectivity index (χ3n) is 3.94. The topological polar surface area (TPSA) is 58.2 Å². The van der Waals surface area contributed by atoms with E-state index in [1.165, 1.54) is 0 Å². The second-order valence-electron chi connectivity index (χ2n) is 5.75. The normalized spacial score (nSPS) is 33.6. The highest BCUT2D eigenvalue weighted by Gasteiger charge is 2.45. The first-order valence-corrected chi connectivity index (χ1v) is 7.66. The van der Waals surface area contributed by atoms with Gasteiger partial charge in [0, 0.05) is 13.1 Å². The zero-order valence-electron chi connectivity index (χ0n) is 10.1. The zero-order valence-corrected chi connectivity index (χ0v) is 10.9. The van der Waals surface area contributed by atoms with Gasteiger partial charge in [-0.2, -0.15) is 0 Å². The molecule has 2 aliphatic rings. The Morgan fingerprint density at radius 3 is 2.62 bits per heavy atom. The van der Waals surface area contributed by atoms with Gasteiger partial charge in [0.1, 0.15) is 0 Å². The molecule has 94 valence electrons. The third kappa shape index (κ3) is 2.76. The highest BCUT2D eigenvalue weighted by molar-refractivity contribution is 7.90.